The molecule has 2 aliphatic heterocycles. The molecule has 0 spiro atoms. The lowest BCUT2D eigenvalue weighted by Gasteiger charge is -2.22. The van der Waals surface area contributed by atoms with E-state index in [4.69, 9.17) is 9.47 Å². The smallest absolute Gasteiger partial charge is 0.350 e. The molecule has 0 bridgehead atoms. The molecule has 1 unspecified atom stereocenters. The first kappa shape index (κ1) is 20.1. The first-order valence-electron chi connectivity index (χ1n) is 9.45. The fraction of sp³-hybridized carbons (Fsp3) is 0.579. The zero-order chi connectivity index (χ0) is 17.8. The van der Waals surface area contributed by atoms with Crippen LogP contribution in [0.3, 0.4) is 0 Å². The van der Waals surface area contributed by atoms with Gasteiger partial charge in [0.25, 0.3) is 0 Å². The summed E-state index contributed by atoms with van der Waals surface area (Å²) in [5.74, 6) is 1.40. The summed E-state index contributed by atoms with van der Waals surface area (Å²) in [6, 6.07) is 9.77. The molecule has 0 saturated carbocycles. The fourth-order valence-corrected chi connectivity index (χ4v) is 3.72. The van der Waals surface area contributed by atoms with E-state index in [1.165, 1.54) is 0 Å². The molecule has 1 atom stereocenters. The number of piperidine rings is 1. The minimum Gasteiger partial charge on any atom is -0.376 e. The second-order valence-corrected chi connectivity index (χ2v) is 7.02. The number of para-hydroxylation sites is 1. The number of halogens is 1. The molecule has 8 heteroatoms. The zero-order valence-electron chi connectivity index (χ0n) is 15.4. The maximum absolute atomic E-state index is 13.1. The largest absolute Gasteiger partial charge is 0.376 e. The molecule has 0 aliphatic carbocycles. The molecule has 4 rings (SSSR count). The van der Waals surface area contributed by atoms with Crippen LogP contribution >= 0.6 is 12.4 Å². The van der Waals surface area contributed by atoms with Gasteiger partial charge in [0.15, 0.2) is 0 Å². The molecule has 7 nitrogen and oxygen atoms in total. The van der Waals surface area contributed by atoms with Gasteiger partial charge in [0, 0.05) is 6.42 Å². The van der Waals surface area contributed by atoms with Crippen molar-refractivity contribution in [3.05, 3.63) is 46.6 Å². The third-order valence-electron chi connectivity index (χ3n) is 5.11. The van der Waals surface area contributed by atoms with E-state index in [9.17, 15) is 4.79 Å². The third kappa shape index (κ3) is 4.79. The van der Waals surface area contributed by atoms with Crippen molar-refractivity contribution in [2.75, 3.05) is 32.9 Å². The van der Waals surface area contributed by atoms with Gasteiger partial charge in [-0.3, -0.25) is 0 Å². The minimum atomic E-state index is -0.118. The SMILES string of the molecule is Cl.O=c1n(CC2COCCO2)nc(CC2CCNCC2)n1-c1ccccc1. The summed E-state index contributed by atoms with van der Waals surface area (Å²) in [7, 11) is 0. The molecule has 2 aliphatic rings. The molecule has 1 N–H and O–H groups in total. The Labute approximate surface area is 165 Å². The van der Waals surface area contributed by atoms with Gasteiger partial charge in [-0.05, 0) is 44.0 Å². The Morgan fingerprint density at radius 1 is 1.15 bits per heavy atom. The molecule has 0 amide bonds. The molecule has 1 aromatic heterocycles. The summed E-state index contributed by atoms with van der Waals surface area (Å²) >= 11 is 0. The van der Waals surface area contributed by atoms with Crippen LogP contribution in [-0.2, 0) is 22.4 Å². The van der Waals surface area contributed by atoms with Gasteiger partial charge >= 0.3 is 5.69 Å². The van der Waals surface area contributed by atoms with Crippen molar-refractivity contribution in [1.82, 2.24) is 19.7 Å². The lowest BCUT2D eigenvalue weighted by molar-refractivity contribution is -0.0950. The van der Waals surface area contributed by atoms with Crippen LogP contribution in [0.15, 0.2) is 35.1 Å². The highest BCUT2D eigenvalue weighted by atomic mass is 35.5. The molecule has 1 aromatic carbocycles. The molecular formula is C19H27ClN4O3. The van der Waals surface area contributed by atoms with Crippen LogP contribution in [0.4, 0.5) is 0 Å². The van der Waals surface area contributed by atoms with Crippen LogP contribution in [0.5, 0.6) is 0 Å². The van der Waals surface area contributed by atoms with Gasteiger partial charge in [-0.1, -0.05) is 18.2 Å². The number of hydrogen-bond donors (Lipinski definition) is 1. The van der Waals surface area contributed by atoms with Crippen molar-refractivity contribution in [3.8, 4) is 5.69 Å². The molecule has 27 heavy (non-hydrogen) atoms. The Morgan fingerprint density at radius 3 is 2.63 bits per heavy atom. The van der Waals surface area contributed by atoms with E-state index < -0.39 is 0 Å². The van der Waals surface area contributed by atoms with Gasteiger partial charge in [0.1, 0.15) is 11.9 Å². The Hall–Kier alpha value is -1.67. The van der Waals surface area contributed by atoms with Crippen LogP contribution in [0.25, 0.3) is 5.69 Å². The summed E-state index contributed by atoms with van der Waals surface area (Å²) in [5, 5.41) is 8.08. The fourth-order valence-electron chi connectivity index (χ4n) is 3.72. The molecule has 3 heterocycles. The van der Waals surface area contributed by atoms with Gasteiger partial charge in [-0.25, -0.2) is 14.0 Å². The van der Waals surface area contributed by atoms with Crippen molar-refractivity contribution < 1.29 is 9.47 Å². The number of nitrogens with one attached hydrogen (secondary N) is 1. The number of rotatable bonds is 5. The van der Waals surface area contributed by atoms with Crippen molar-refractivity contribution in [1.29, 1.82) is 0 Å². The van der Waals surface area contributed by atoms with Gasteiger partial charge in [0.2, 0.25) is 0 Å². The first-order chi connectivity index (χ1) is 12.8. The highest BCUT2D eigenvalue weighted by molar-refractivity contribution is 5.85. The molecule has 148 valence electrons. The van der Waals surface area contributed by atoms with E-state index in [0.717, 1.165) is 43.9 Å². The van der Waals surface area contributed by atoms with Gasteiger partial charge in [-0.2, -0.15) is 5.10 Å². The highest BCUT2D eigenvalue weighted by Gasteiger charge is 2.23. The topological polar surface area (TPSA) is 70.3 Å². The Balaban J connectivity index is 0.00000210. The van der Waals surface area contributed by atoms with Crippen molar-refractivity contribution >= 4 is 12.4 Å². The van der Waals surface area contributed by atoms with Crippen LogP contribution in [0.1, 0.15) is 18.7 Å². The van der Waals surface area contributed by atoms with Crippen molar-refractivity contribution in [3.63, 3.8) is 0 Å². The maximum Gasteiger partial charge on any atom is 0.350 e. The predicted octanol–water partition coefficient (Wildman–Crippen LogP) is 1.41. The molecule has 2 aromatic rings. The standard InChI is InChI=1S/C19H26N4O3.ClH/c24-19-22(13-17-14-25-10-11-26-17)21-18(12-15-6-8-20-9-7-15)23(19)16-4-2-1-3-5-16;/h1-5,15,17,20H,6-14H2;1H. The second kappa shape index (κ2) is 9.50. The van der Waals surface area contributed by atoms with E-state index in [0.29, 0.717) is 32.3 Å². The quantitative estimate of drug-likeness (QED) is 0.830. The van der Waals surface area contributed by atoms with Crippen molar-refractivity contribution in [2.24, 2.45) is 5.92 Å². The zero-order valence-corrected chi connectivity index (χ0v) is 16.2. The van der Waals surface area contributed by atoms with Gasteiger partial charge in [0.05, 0.1) is 32.1 Å². The maximum atomic E-state index is 13.1. The monoisotopic (exact) mass is 394 g/mol. The first-order valence-corrected chi connectivity index (χ1v) is 9.45. The lowest BCUT2D eigenvalue weighted by atomic mass is 9.94. The third-order valence-corrected chi connectivity index (χ3v) is 5.11. The number of benzene rings is 1. The number of ether oxygens (including phenoxy) is 2. The second-order valence-electron chi connectivity index (χ2n) is 7.02. The summed E-state index contributed by atoms with van der Waals surface area (Å²) < 4.78 is 14.5. The Morgan fingerprint density at radius 2 is 1.93 bits per heavy atom. The average molecular weight is 395 g/mol. The number of aromatic nitrogens is 3. The highest BCUT2D eigenvalue weighted by Crippen LogP contribution is 2.18. The van der Waals surface area contributed by atoms with Crippen LogP contribution in [-0.4, -0.2) is 53.4 Å². The Bertz CT molecular complexity index is 765. The van der Waals surface area contributed by atoms with Gasteiger partial charge in [-0.15, -0.1) is 12.4 Å². The van der Waals surface area contributed by atoms with Crippen LogP contribution in [0, 0.1) is 5.92 Å². The van der Waals surface area contributed by atoms with Gasteiger partial charge < -0.3 is 14.8 Å². The predicted molar refractivity (Wildman–Crippen MR) is 105 cm³/mol. The molecule has 2 fully saturated rings. The normalized spacial score (nSPS) is 21.0. The molecular weight excluding hydrogens is 368 g/mol. The minimum absolute atomic E-state index is 0. The van der Waals surface area contributed by atoms with Crippen molar-refractivity contribution in [2.45, 2.75) is 31.9 Å². The number of hydrogen-bond acceptors (Lipinski definition) is 5. The lowest BCUT2D eigenvalue weighted by Crippen LogP contribution is -2.36. The van der Waals surface area contributed by atoms with E-state index in [1.54, 1.807) is 9.25 Å². The summed E-state index contributed by atoms with van der Waals surface area (Å²) in [5.41, 5.74) is 0.766. The molecule has 2 saturated heterocycles. The summed E-state index contributed by atoms with van der Waals surface area (Å²) in [6.07, 6.45) is 2.94. The van der Waals surface area contributed by atoms with E-state index in [2.05, 4.69) is 10.4 Å². The van der Waals surface area contributed by atoms with E-state index in [-0.39, 0.29) is 24.2 Å². The van der Waals surface area contributed by atoms with E-state index >= 15 is 0 Å². The van der Waals surface area contributed by atoms with Crippen LogP contribution in [0.2, 0.25) is 0 Å². The number of nitrogens with zero attached hydrogens (tertiary/aromatic N) is 3. The van der Waals surface area contributed by atoms with Crippen LogP contribution < -0.4 is 11.0 Å². The molecule has 0 radical (unpaired) electrons. The summed E-state index contributed by atoms with van der Waals surface area (Å²) in [4.78, 5) is 13.1. The summed E-state index contributed by atoms with van der Waals surface area (Å²) in [6.45, 7) is 4.19. The Kier molecular flexibility index (Phi) is 7.07. The average Bonchev–Trinajstić information content (AvgIpc) is 2.99. The van der Waals surface area contributed by atoms with E-state index in [1.807, 2.05) is 30.3 Å².